The molecule has 9 heteroatoms. The van der Waals surface area contributed by atoms with Gasteiger partial charge in [0.05, 0.1) is 25.0 Å². The summed E-state index contributed by atoms with van der Waals surface area (Å²) in [6, 6.07) is 5.78. The Balaban J connectivity index is 1.57. The van der Waals surface area contributed by atoms with Gasteiger partial charge in [0.2, 0.25) is 5.95 Å². The first-order chi connectivity index (χ1) is 15.2. The molecule has 1 fully saturated rings. The number of aromatic nitrogens is 5. The molecule has 3 aromatic rings. The number of nitrogens with zero attached hydrogens (tertiary/aromatic N) is 6. The Morgan fingerprint density at radius 2 is 2.13 bits per heavy atom. The van der Waals surface area contributed by atoms with Crippen LogP contribution in [0, 0.1) is 0 Å². The summed E-state index contributed by atoms with van der Waals surface area (Å²) in [4.78, 5) is 23.0. The molecule has 2 aliphatic rings. The number of anilines is 3. The van der Waals surface area contributed by atoms with Gasteiger partial charge in [0, 0.05) is 11.6 Å². The summed E-state index contributed by atoms with van der Waals surface area (Å²) >= 11 is 0. The molecule has 1 saturated carbocycles. The standard InChI is InChI=1S/C22H25N7O2/c1-3-17-21-27-24-13-28(21)18-11-23-22(26-20(18)29(17)15-6-4-5-7-15)25-16-9-8-14(12-30)10-19(16)31-2/h8-13,15,17H,3-7H2,1-2H3,(H,23,25,26)/t17-/m1/s1. The maximum Gasteiger partial charge on any atom is 0.229 e. The maximum absolute atomic E-state index is 11.1. The first kappa shape index (κ1) is 19.5. The van der Waals surface area contributed by atoms with Crippen LogP contribution in [0.25, 0.3) is 5.69 Å². The highest BCUT2D eigenvalue weighted by atomic mass is 16.5. The van der Waals surface area contributed by atoms with Gasteiger partial charge in [0.25, 0.3) is 0 Å². The molecule has 3 heterocycles. The normalized spacial score (nSPS) is 17.9. The minimum absolute atomic E-state index is 0.127. The number of carbonyl (C=O) groups is 1. The predicted octanol–water partition coefficient (Wildman–Crippen LogP) is 3.84. The third kappa shape index (κ3) is 3.30. The second kappa shape index (κ2) is 7.98. The van der Waals surface area contributed by atoms with Gasteiger partial charge in [-0.3, -0.25) is 9.36 Å². The largest absolute Gasteiger partial charge is 0.495 e. The lowest BCUT2D eigenvalue weighted by molar-refractivity contribution is 0.112. The van der Waals surface area contributed by atoms with Crippen LogP contribution in [-0.2, 0) is 0 Å². The molecule has 0 radical (unpaired) electrons. The van der Waals surface area contributed by atoms with Gasteiger partial charge in [0.1, 0.15) is 24.1 Å². The Morgan fingerprint density at radius 1 is 1.29 bits per heavy atom. The van der Waals surface area contributed by atoms with Gasteiger partial charge in [0.15, 0.2) is 11.6 Å². The molecule has 1 aliphatic heterocycles. The topological polar surface area (TPSA) is 98.1 Å². The average molecular weight is 419 g/mol. The van der Waals surface area contributed by atoms with Crippen molar-refractivity contribution in [1.29, 1.82) is 0 Å². The van der Waals surface area contributed by atoms with E-state index in [0.717, 1.165) is 42.9 Å². The van der Waals surface area contributed by atoms with Crippen LogP contribution in [0.2, 0.25) is 0 Å². The number of benzene rings is 1. The Bertz CT molecular complexity index is 1110. The molecule has 1 aliphatic carbocycles. The van der Waals surface area contributed by atoms with Crippen molar-refractivity contribution in [3.63, 3.8) is 0 Å². The molecule has 0 saturated heterocycles. The minimum Gasteiger partial charge on any atom is -0.495 e. The van der Waals surface area contributed by atoms with Crippen LogP contribution < -0.4 is 15.0 Å². The molecule has 0 amide bonds. The first-order valence-corrected chi connectivity index (χ1v) is 10.7. The first-order valence-electron chi connectivity index (χ1n) is 10.7. The molecular formula is C22H25N7O2. The lowest BCUT2D eigenvalue weighted by Gasteiger charge is -2.40. The van der Waals surface area contributed by atoms with Crippen LogP contribution in [0.4, 0.5) is 17.5 Å². The number of methoxy groups -OCH3 is 1. The van der Waals surface area contributed by atoms with Crippen molar-refractivity contribution < 1.29 is 9.53 Å². The molecule has 1 atom stereocenters. The number of hydrogen-bond acceptors (Lipinski definition) is 8. The van der Waals surface area contributed by atoms with Gasteiger partial charge in [-0.2, -0.15) is 4.98 Å². The van der Waals surface area contributed by atoms with Gasteiger partial charge in [-0.15, -0.1) is 10.2 Å². The highest BCUT2D eigenvalue weighted by Gasteiger charge is 2.38. The average Bonchev–Trinajstić information content (AvgIpc) is 3.50. The molecule has 0 unspecified atom stereocenters. The number of nitrogens with one attached hydrogen (secondary N) is 1. The van der Waals surface area contributed by atoms with Gasteiger partial charge in [-0.25, -0.2) is 4.98 Å². The molecule has 31 heavy (non-hydrogen) atoms. The van der Waals surface area contributed by atoms with Crippen LogP contribution in [0.3, 0.4) is 0 Å². The third-order valence-corrected chi connectivity index (χ3v) is 6.18. The van der Waals surface area contributed by atoms with Crippen molar-refractivity contribution >= 4 is 23.7 Å². The maximum atomic E-state index is 11.1. The van der Waals surface area contributed by atoms with E-state index in [1.54, 1.807) is 31.6 Å². The third-order valence-electron chi connectivity index (χ3n) is 6.18. The second-order valence-corrected chi connectivity index (χ2v) is 7.93. The Hall–Kier alpha value is -3.49. The summed E-state index contributed by atoms with van der Waals surface area (Å²) in [5, 5.41) is 11.8. The van der Waals surface area contributed by atoms with E-state index in [4.69, 9.17) is 9.72 Å². The van der Waals surface area contributed by atoms with Crippen molar-refractivity contribution in [2.75, 3.05) is 17.3 Å². The van der Waals surface area contributed by atoms with Crippen molar-refractivity contribution in [1.82, 2.24) is 24.7 Å². The van der Waals surface area contributed by atoms with Gasteiger partial charge >= 0.3 is 0 Å². The molecule has 160 valence electrons. The molecule has 5 rings (SSSR count). The summed E-state index contributed by atoms with van der Waals surface area (Å²) in [5.74, 6) is 2.88. The molecule has 1 aromatic carbocycles. The fourth-order valence-corrected chi connectivity index (χ4v) is 4.71. The van der Waals surface area contributed by atoms with E-state index >= 15 is 0 Å². The summed E-state index contributed by atoms with van der Waals surface area (Å²) in [6.07, 6.45) is 10.0. The molecule has 0 bridgehead atoms. The van der Waals surface area contributed by atoms with Crippen molar-refractivity contribution in [3.8, 4) is 11.4 Å². The number of aldehydes is 1. The van der Waals surface area contributed by atoms with E-state index in [1.165, 1.54) is 12.8 Å². The minimum atomic E-state index is 0.127. The SMILES string of the molecule is CC[C@@H]1c2nncn2-c2cnc(Nc3ccc(C=O)cc3OC)nc2N1C1CCCC1. The van der Waals surface area contributed by atoms with Crippen molar-refractivity contribution in [2.45, 2.75) is 51.1 Å². The zero-order chi connectivity index (χ0) is 21.4. The van der Waals surface area contributed by atoms with E-state index in [0.29, 0.717) is 29.0 Å². The predicted molar refractivity (Wildman–Crippen MR) is 116 cm³/mol. The van der Waals surface area contributed by atoms with Gasteiger partial charge in [-0.05, 0) is 37.5 Å². The van der Waals surface area contributed by atoms with Crippen LogP contribution in [0.5, 0.6) is 5.75 Å². The number of ether oxygens (including phenoxy) is 1. The van der Waals surface area contributed by atoms with Crippen LogP contribution >= 0.6 is 0 Å². The molecule has 0 spiro atoms. The van der Waals surface area contributed by atoms with Crippen molar-refractivity contribution in [3.05, 3.63) is 42.1 Å². The Morgan fingerprint density at radius 3 is 2.87 bits per heavy atom. The summed E-state index contributed by atoms with van der Waals surface area (Å²) in [5.41, 5.74) is 2.14. The number of rotatable bonds is 6. The lowest BCUT2D eigenvalue weighted by Crippen LogP contribution is -2.42. The fourth-order valence-electron chi connectivity index (χ4n) is 4.71. The number of hydrogen-bond donors (Lipinski definition) is 1. The quantitative estimate of drug-likeness (QED) is 0.602. The van der Waals surface area contributed by atoms with E-state index in [-0.39, 0.29) is 6.04 Å². The zero-order valence-electron chi connectivity index (χ0n) is 17.7. The smallest absolute Gasteiger partial charge is 0.229 e. The monoisotopic (exact) mass is 419 g/mol. The van der Waals surface area contributed by atoms with E-state index in [1.807, 2.05) is 10.8 Å². The summed E-state index contributed by atoms with van der Waals surface area (Å²) < 4.78 is 7.44. The van der Waals surface area contributed by atoms with Crippen LogP contribution in [-0.4, -0.2) is 44.2 Å². The summed E-state index contributed by atoms with van der Waals surface area (Å²) in [7, 11) is 1.57. The summed E-state index contributed by atoms with van der Waals surface area (Å²) in [6.45, 7) is 2.18. The van der Waals surface area contributed by atoms with E-state index in [9.17, 15) is 4.79 Å². The molecule has 2 aromatic heterocycles. The lowest BCUT2D eigenvalue weighted by atomic mass is 10.0. The van der Waals surface area contributed by atoms with Crippen molar-refractivity contribution in [2.24, 2.45) is 0 Å². The Kier molecular flexibility index (Phi) is 5.01. The van der Waals surface area contributed by atoms with Crippen LogP contribution in [0.15, 0.2) is 30.7 Å². The van der Waals surface area contributed by atoms with Gasteiger partial charge < -0.3 is 15.0 Å². The van der Waals surface area contributed by atoms with E-state index < -0.39 is 0 Å². The highest BCUT2D eigenvalue weighted by molar-refractivity contribution is 5.79. The molecule has 1 N–H and O–H groups in total. The fraction of sp³-hybridized carbons (Fsp3) is 0.409. The zero-order valence-corrected chi connectivity index (χ0v) is 17.7. The molecule has 9 nitrogen and oxygen atoms in total. The highest BCUT2D eigenvalue weighted by Crippen LogP contribution is 2.43. The second-order valence-electron chi connectivity index (χ2n) is 7.93. The Labute approximate surface area is 180 Å². The number of carbonyl (C=O) groups excluding carboxylic acids is 1. The van der Waals surface area contributed by atoms with Crippen LogP contribution in [0.1, 0.15) is 61.3 Å². The molecular weight excluding hydrogens is 394 g/mol. The van der Waals surface area contributed by atoms with Gasteiger partial charge in [-0.1, -0.05) is 19.8 Å². The van der Waals surface area contributed by atoms with E-state index in [2.05, 4.69) is 32.3 Å². The number of fused-ring (bicyclic) bond motifs is 3.